The predicted octanol–water partition coefficient (Wildman–Crippen LogP) is 5.00. The molecule has 3 aromatic rings. The van der Waals surface area contributed by atoms with Gasteiger partial charge in [-0.05, 0) is 45.6 Å². The van der Waals surface area contributed by atoms with Crippen molar-refractivity contribution in [3.05, 3.63) is 56.1 Å². The number of carbonyl (C=O) groups excluding carboxylic acids is 1. The number of aromatic nitrogens is 1. The van der Waals surface area contributed by atoms with E-state index in [0.717, 1.165) is 16.3 Å². The maximum atomic E-state index is 12.2. The fourth-order valence-corrected chi connectivity index (χ4v) is 3.82. The third kappa shape index (κ3) is 3.80. The van der Waals surface area contributed by atoms with Gasteiger partial charge in [0.05, 0.1) is 18.4 Å². The maximum Gasteiger partial charge on any atom is 0.339 e. The smallest absolute Gasteiger partial charge is 0.339 e. The molecule has 0 saturated heterocycles. The zero-order valence-electron chi connectivity index (χ0n) is 12.1. The van der Waals surface area contributed by atoms with Crippen LogP contribution in [0.25, 0.3) is 10.6 Å². The Labute approximate surface area is 149 Å². The predicted molar refractivity (Wildman–Crippen MR) is 95.2 cm³/mol. The highest BCUT2D eigenvalue weighted by molar-refractivity contribution is 9.10. The topological polar surface area (TPSA) is 48.4 Å². The molecule has 0 saturated carbocycles. The van der Waals surface area contributed by atoms with E-state index in [1.165, 1.54) is 11.3 Å². The van der Waals surface area contributed by atoms with Crippen LogP contribution in [0.5, 0.6) is 5.75 Å². The average Bonchev–Trinajstić information content (AvgIpc) is 3.24. The number of thiazole rings is 1. The molecule has 0 unspecified atom stereocenters. The molecule has 118 valence electrons. The zero-order chi connectivity index (χ0) is 16.2. The van der Waals surface area contributed by atoms with Crippen molar-refractivity contribution in [2.45, 2.75) is 6.61 Å². The SMILES string of the molecule is COc1ccc(Br)c(C(=O)OCc2csc(-c3ccsc3)n2)c1. The van der Waals surface area contributed by atoms with Crippen LogP contribution in [0, 0.1) is 0 Å². The molecule has 0 aliphatic heterocycles. The van der Waals surface area contributed by atoms with Gasteiger partial charge in [0.1, 0.15) is 17.4 Å². The number of halogens is 1. The van der Waals surface area contributed by atoms with Crippen LogP contribution >= 0.6 is 38.6 Å². The van der Waals surface area contributed by atoms with Crippen molar-refractivity contribution in [3.8, 4) is 16.3 Å². The van der Waals surface area contributed by atoms with Crippen LogP contribution in [0.4, 0.5) is 0 Å². The largest absolute Gasteiger partial charge is 0.497 e. The van der Waals surface area contributed by atoms with E-state index < -0.39 is 5.97 Å². The van der Waals surface area contributed by atoms with E-state index in [0.29, 0.717) is 15.8 Å². The number of nitrogens with zero attached hydrogens (tertiary/aromatic N) is 1. The van der Waals surface area contributed by atoms with E-state index in [2.05, 4.69) is 20.9 Å². The molecule has 0 bridgehead atoms. The Morgan fingerprint density at radius 1 is 1.30 bits per heavy atom. The molecule has 23 heavy (non-hydrogen) atoms. The number of rotatable bonds is 5. The number of thiophene rings is 1. The van der Waals surface area contributed by atoms with E-state index in [1.54, 1.807) is 36.6 Å². The fraction of sp³-hybridized carbons (Fsp3) is 0.125. The maximum absolute atomic E-state index is 12.2. The Balaban J connectivity index is 1.67. The first-order valence-electron chi connectivity index (χ1n) is 6.65. The van der Waals surface area contributed by atoms with Gasteiger partial charge in [-0.2, -0.15) is 11.3 Å². The van der Waals surface area contributed by atoms with E-state index in [4.69, 9.17) is 9.47 Å². The summed E-state index contributed by atoms with van der Waals surface area (Å²) in [5.74, 6) is 0.189. The number of hydrogen-bond donors (Lipinski definition) is 0. The Hall–Kier alpha value is -1.70. The third-order valence-corrected chi connectivity index (χ3v) is 5.38. The Kier molecular flexibility index (Phi) is 5.09. The van der Waals surface area contributed by atoms with Crippen molar-refractivity contribution >= 4 is 44.6 Å². The van der Waals surface area contributed by atoms with Gasteiger partial charge in [0.2, 0.25) is 0 Å². The number of esters is 1. The molecule has 0 aliphatic carbocycles. The summed E-state index contributed by atoms with van der Waals surface area (Å²) < 4.78 is 11.1. The molecular weight excluding hydrogens is 398 g/mol. The first-order chi connectivity index (χ1) is 11.2. The summed E-state index contributed by atoms with van der Waals surface area (Å²) >= 11 is 6.52. The summed E-state index contributed by atoms with van der Waals surface area (Å²) in [5, 5.41) is 6.89. The summed E-state index contributed by atoms with van der Waals surface area (Å²) in [6.07, 6.45) is 0. The zero-order valence-corrected chi connectivity index (χ0v) is 15.3. The van der Waals surface area contributed by atoms with Crippen LogP contribution in [0.3, 0.4) is 0 Å². The van der Waals surface area contributed by atoms with Gasteiger partial charge in [0.25, 0.3) is 0 Å². The molecule has 2 aromatic heterocycles. The van der Waals surface area contributed by atoms with Crippen molar-refractivity contribution in [3.63, 3.8) is 0 Å². The molecular formula is C16H12BrNO3S2. The number of hydrogen-bond acceptors (Lipinski definition) is 6. The highest BCUT2D eigenvalue weighted by Gasteiger charge is 2.14. The van der Waals surface area contributed by atoms with Gasteiger partial charge >= 0.3 is 5.97 Å². The Morgan fingerprint density at radius 3 is 2.91 bits per heavy atom. The number of ether oxygens (including phenoxy) is 2. The molecule has 3 rings (SSSR count). The molecule has 1 aromatic carbocycles. The number of carbonyl (C=O) groups is 1. The van der Waals surface area contributed by atoms with E-state index in [-0.39, 0.29) is 6.61 Å². The first kappa shape index (κ1) is 16.2. The van der Waals surface area contributed by atoms with Crippen LogP contribution in [0.2, 0.25) is 0 Å². The van der Waals surface area contributed by atoms with Crippen molar-refractivity contribution in [1.29, 1.82) is 0 Å². The molecule has 0 amide bonds. The van der Waals surface area contributed by atoms with Gasteiger partial charge in [-0.25, -0.2) is 9.78 Å². The third-order valence-electron chi connectivity index (χ3n) is 3.06. The van der Waals surface area contributed by atoms with E-state index in [9.17, 15) is 4.79 Å². The van der Waals surface area contributed by atoms with Gasteiger partial charge in [-0.1, -0.05) is 0 Å². The molecule has 0 N–H and O–H groups in total. The molecule has 4 nitrogen and oxygen atoms in total. The normalized spacial score (nSPS) is 10.5. The van der Waals surface area contributed by atoms with Crippen LogP contribution < -0.4 is 4.74 Å². The number of methoxy groups -OCH3 is 1. The second-order valence-corrected chi connectivity index (χ2v) is 7.07. The molecule has 7 heteroatoms. The van der Waals surface area contributed by atoms with Crippen LogP contribution in [-0.2, 0) is 11.3 Å². The Bertz CT molecular complexity index is 815. The fourth-order valence-electron chi connectivity index (χ4n) is 1.90. The lowest BCUT2D eigenvalue weighted by molar-refractivity contribution is 0.0467. The summed E-state index contributed by atoms with van der Waals surface area (Å²) in [4.78, 5) is 16.7. The second-order valence-electron chi connectivity index (χ2n) is 4.58. The lowest BCUT2D eigenvalue weighted by atomic mass is 10.2. The number of benzene rings is 1. The standard InChI is InChI=1S/C16H12BrNO3S2/c1-20-12-2-3-14(17)13(6-12)16(19)21-7-11-9-23-15(18-11)10-4-5-22-8-10/h2-6,8-9H,7H2,1H3. The van der Waals surface area contributed by atoms with Crippen molar-refractivity contribution in [2.24, 2.45) is 0 Å². The van der Waals surface area contributed by atoms with Gasteiger partial charge in [0, 0.05) is 20.8 Å². The highest BCUT2D eigenvalue weighted by atomic mass is 79.9. The second kappa shape index (κ2) is 7.25. The van der Waals surface area contributed by atoms with Crippen molar-refractivity contribution in [1.82, 2.24) is 4.98 Å². The summed E-state index contributed by atoms with van der Waals surface area (Å²) in [6.45, 7) is 0.142. The summed E-state index contributed by atoms with van der Waals surface area (Å²) in [7, 11) is 1.56. The lowest BCUT2D eigenvalue weighted by Crippen LogP contribution is -2.06. The van der Waals surface area contributed by atoms with Crippen LogP contribution in [0.15, 0.2) is 44.9 Å². The van der Waals surface area contributed by atoms with Gasteiger partial charge in [-0.15, -0.1) is 11.3 Å². The molecule has 2 heterocycles. The van der Waals surface area contributed by atoms with Crippen LogP contribution in [-0.4, -0.2) is 18.1 Å². The van der Waals surface area contributed by atoms with E-state index >= 15 is 0 Å². The molecule has 0 radical (unpaired) electrons. The quantitative estimate of drug-likeness (QED) is 0.556. The Morgan fingerprint density at radius 2 is 2.17 bits per heavy atom. The minimum Gasteiger partial charge on any atom is -0.497 e. The molecule has 0 fully saturated rings. The average molecular weight is 410 g/mol. The molecule has 0 atom stereocenters. The first-order valence-corrected chi connectivity index (χ1v) is 9.26. The minimum absolute atomic E-state index is 0.142. The molecule has 0 aliphatic rings. The van der Waals surface area contributed by atoms with Crippen molar-refractivity contribution in [2.75, 3.05) is 7.11 Å². The van der Waals surface area contributed by atoms with Gasteiger partial charge in [0.15, 0.2) is 0 Å². The van der Waals surface area contributed by atoms with Gasteiger partial charge < -0.3 is 9.47 Å². The monoisotopic (exact) mass is 409 g/mol. The highest BCUT2D eigenvalue weighted by Crippen LogP contribution is 2.27. The lowest BCUT2D eigenvalue weighted by Gasteiger charge is -2.07. The molecule has 0 spiro atoms. The minimum atomic E-state index is -0.416. The van der Waals surface area contributed by atoms with E-state index in [1.807, 2.05) is 22.2 Å². The summed E-state index contributed by atoms with van der Waals surface area (Å²) in [6, 6.07) is 7.19. The summed E-state index contributed by atoms with van der Waals surface area (Å²) in [5.41, 5.74) is 2.26. The van der Waals surface area contributed by atoms with Crippen LogP contribution in [0.1, 0.15) is 16.1 Å². The van der Waals surface area contributed by atoms with Crippen molar-refractivity contribution < 1.29 is 14.3 Å². The van der Waals surface area contributed by atoms with Gasteiger partial charge in [-0.3, -0.25) is 0 Å².